The maximum atomic E-state index is 13.6. The Balaban J connectivity index is 1.84. The van der Waals surface area contributed by atoms with Crippen LogP contribution in [0.1, 0.15) is 24.5 Å². The van der Waals surface area contributed by atoms with E-state index in [1.807, 2.05) is 0 Å². The molecule has 0 N–H and O–H groups in total. The Morgan fingerprint density at radius 3 is 2.24 bits per heavy atom. The van der Waals surface area contributed by atoms with Crippen LogP contribution in [0.4, 0.5) is 13.2 Å². The van der Waals surface area contributed by atoms with Gasteiger partial charge in [0.05, 0.1) is 32.4 Å². The Morgan fingerprint density at radius 1 is 0.941 bits per heavy atom. The molecule has 0 unspecified atom stereocenters. The van der Waals surface area contributed by atoms with Crippen LogP contribution in [-0.4, -0.2) is 19.2 Å². The maximum absolute atomic E-state index is 13.6. The number of rotatable bonds is 5. The summed E-state index contributed by atoms with van der Waals surface area (Å²) in [5, 5.41) is 0.721. The van der Waals surface area contributed by atoms with Crippen LogP contribution in [-0.2, 0) is 16.0 Å². The van der Waals surface area contributed by atoms with Crippen molar-refractivity contribution < 1.29 is 21.6 Å². The first kappa shape index (κ1) is 24.2. The van der Waals surface area contributed by atoms with Gasteiger partial charge in [-0.1, -0.05) is 61.0 Å². The van der Waals surface area contributed by atoms with Crippen LogP contribution >= 0.6 is 11.6 Å². The summed E-state index contributed by atoms with van der Waals surface area (Å²) >= 11 is 6.73. The van der Waals surface area contributed by atoms with Crippen LogP contribution in [0.25, 0.3) is 33.3 Å². The van der Waals surface area contributed by atoms with E-state index in [0.29, 0.717) is 44.8 Å². The molecule has 8 heteroatoms. The lowest BCUT2D eigenvalue weighted by molar-refractivity contribution is -0.136. The van der Waals surface area contributed by atoms with Gasteiger partial charge in [0, 0.05) is 16.5 Å². The van der Waals surface area contributed by atoms with Gasteiger partial charge < -0.3 is 0 Å². The van der Waals surface area contributed by atoms with Crippen molar-refractivity contribution in [2.24, 2.45) is 0 Å². The van der Waals surface area contributed by atoms with Crippen LogP contribution in [0.5, 0.6) is 0 Å². The third-order valence-corrected chi connectivity index (χ3v) is 7.94. The number of halogens is 4. The summed E-state index contributed by atoms with van der Waals surface area (Å²) in [4.78, 5) is 4.62. The molecule has 0 bridgehead atoms. The van der Waals surface area contributed by atoms with Gasteiger partial charge in [-0.3, -0.25) is 0 Å². The molecule has 4 aromatic rings. The second-order valence-corrected chi connectivity index (χ2v) is 10.5. The molecule has 0 aliphatic carbocycles. The first-order chi connectivity index (χ1) is 16.0. The maximum Gasteiger partial charge on any atom is 0.418 e. The average Bonchev–Trinajstić information content (AvgIpc) is 2.78. The van der Waals surface area contributed by atoms with E-state index in [-0.39, 0.29) is 16.2 Å². The molecule has 3 aromatic carbocycles. The Morgan fingerprint density at radius 2 is 1.59 bits per heavy atom. The monoisotopic (exact) mass is 503 g/mol. The van der Waals surface area contributed by atoms with Crippen molar-refractivity contribution in [2.75, 3.05) is 5.75 Å². The minimum absolute atomic E-state index is 0.0649. The second kappa shape index (κ2) is 9.04. The average molecular weight is 504 g/mol. The zero-order valence-corrected chi connectivity index (χ0v) is 20.0. The van der Waals surface area contributed by atoms with Gasteiger partial charge in [-0.2, -0.15) is 13.2 Å². The minimum Gasteiger partial charge on any atom is -0.247 e. The number of benzene rings is 3. The molecule has 0 fully saturated rings. The van der Waals surface area contributed by atoms with E-state index in [0.717, 1.165) is 6.07 Å². The van der Waals surface area contributed by atoms with Crippen LogP contribution in [0, 0.1) is 6.92 Å². The highest BCUT2D eigenvalue weighted by molar-refractivity contribution is 7.91. The van der Waals surface area contributed by atoms with E-state index < -0.39 is 21.6 Å². The summed E-state index contributed by atoms with van der Waals surface area (Å²) in [7, 11) is -3.35. The molecule has 3 nitrogen and oxygen atoms in total. The lowest BCUT2D eigenvalue weighted by atomic mass is 9.98. The van der Waals surface area contributed by atoms with Gasteiger partial charge in [-0.25, -0.2) is 13.4 Å². The zero-order chi connectivity index (χ0) is 24.7. The van der Waals surface area contributed by atoms with Gasteiger partial charge in [0.15, 0.2) is 9.84 Å². The SMILES string of the molecule is CCCS(=O)(=O)c1ccc(-c2cccc(-c3nc4c(C(F)(F)F)cccc4cc3C)c2Cl)cc1. The summed E-state index contributed by atoms with van der Waals surface area (Å²) in [5.74, 6) is 0.0649. The van der Waals surface area contributed by atoms with Gasteiger partial charge >= 0.3 is 6.18 Å². The Bertz CT molecular complexity index is 1480. The molecule has 0 atom stereocenters. The third kappa shape index (κ3) is 4.55. The minimum atomic E-state index is -4.54. The standard InChI is InChI=1S/C26H21ClF3NO2S/c1-3-14-34(32,33)19-12-10-17(11-13-19)20-7-5-8-21(23(20)27)24-16(2)15-18-6-4-9-22(25(18)31-24)26(28,29)30/h4-13,15H,3,14H2,1-2H3. The molecule has 176 valence electrons. The molecule has 0 aliphatic rings. The highest BCUT2D eigenvalue weighted by Gasteiger charge is 2.33. The van der Waals surface area contributed by atoms with Crippen LogP contribution in [0.3, 0.4) is 0 Å². The molecule has 0 saturated carbocycles. The van der Waals surface area contributed by atoms with Gasteiger partial charge in [0.2, 0.25) is 0 Å². The number of alkyl halides is 3. The van der Waals surface area contributed by atoms with Crippen molar-refractivity contribution in [3.63, 3.8) is 0 Å². The molecule has 1 aromatic heterocycles. The molecule has 0 saturated heterocycles. The van der Waals surface area contributed by atoms with Crippen LogP contribution in [0.15, 0.2) is 71.6 Å². The zero-order valence-electron chi connectivity index (χ0n) is 18.4. The van der Waals surface area contributed by atoms with Gasteiger partial charge in [0.1, 0.15) is 0 Å². The number of aromatic nitrogens is 1. The van der Waals surface area contributed by atoms with Crippen LogP contribution < -0.4 is 0 Å². The lowest BCUT2D eigenvalue weighted by Crippen LogP contribution is -2.07. The number of para-hydroxylation sites is 1. The smallest absolute Gasteiger partial charge is 0.247 e. The Hall–Kier alpha value is -2.90. The van der Waals surface area contributed by atoms with Crippen molar-refractivity contribution in [3.05, 3.63) is 82.9 Å². The molecular weight excluding hydrogens is 483 g/mol. The van der Waals surface area contributed by atoms with Gasteiger partial charge in [-0.15, -0.1) is 0 Å². The fourth-order valence-corrected chi connectivity index (χ4v) is 5.62. The summed E-state index contributed by atoms with van der Waals surface area (Å²) in [6.07, 6.45) is -4.02. The quantitative estimate of drug-likeness (QED) is 0.280. The van der Waals surface area contributed by atoms with Crippen molar-refractivity contribution in [2.45, 2.75) is 31.3 Å². The number of fused-ring (bicyclic) bond motifs is 1. The Kier molecular flexibility index (Phi) is 6.44. The fourth-order valence-electron chi connectivity index (χ4n) is 3.97. The molecular formula is C26H21ClF3NO2S. The third-order valence-electron chi connectivity index (χ3n) is 5.59. The highest BCUT2D eigenvalue weighted by atomic mass is 35.5. The predicted molar refractivity (Wildman–Crippen MR) is 130 cm³/mol. The molecule has 34 heavy (non-hydrogen) atoms. The van der Waals surface area contributed by atoms with Crippen molar-refractivity contribution >= 4 is 32.3 Å². The normalized spacial score (nSPS) is 12.3. The van der Waals surface area contributed by atoms with E-state index in [1.165, 1.54) is 6.07 Å². The number of aryl methyl sites for hydroxylation is 1. The molecule has 0 aliphatic heterocycles. The van der Waals surface area contributed by atoms with E-state index in [9.17, 15) is 21.6 Å². The number of hydrogen-bond donors (Lipinski definition) is 0. The fraction of sp³-hybridized carbons (Fsp3) is 0.192. The molecule has 1 heterocycles. The second-order valence-electron chi connectivity index (χ2n) is 8.04. The van der Waals surface area contributed by atoms with Gasteiger partial charge in [-0.05, 0) is 48.7 Å². The summed E-state index contributed by atoms with van der Waals surface area (Å²) in [6, 6.07) is 17.3. The van der Waals surface area contributed by atoms with Crippen LogP contribution in [0.2, 0.25) is 5.02 Å². The van der Waals surface area contributed by atoms with E-state index >= 15 is 0 Å². The van der Waals surface area contributed by atoms with E-state index in [2.05, 4.69) is 4.98 Å². The first-order valence-corrected chi connectivity index (χ1v) is 12.7. The van der Waals surface area contributed by atoms with Gasteiger partial charge in [0.25, 0.3) is 0 Å². The molecule has 4 rings (SSSR count). The predicted octanol–water partition coefficient (Wildman–Crippen LogP) is 7.73. The number of pyridine rings is 1. The van der Waals surface area contributed by atoms with Crippen molar-refractivity contribution in [3.8, 4) is 22.4 Å². The highest BCUT2D eigenvalue weighted by Crippen LogP contribution is 2.40. The summed E-state index contributed by atoms with van der Waals surface area (Å²) in [6.45, 7) is 3.58. The topological polar surface area (TPSA) is 47.0 Å². The van der Waals surface area contributed by atoms with E-state index in [1.54, 1.807) is 68.4 Å². The molecule has 0 amide bonds. The number of nitrogens with zero attached hydrogens (tertiary/aromatic N) is 1. The largest absolute Gasteiger partial charge is 0.418 e. The number of sulfone groups is 1. The summed E-state index contributed by atoms with van der Waals surface area (Å²) < 4.78 is 65.3. The molecule has 0 spiro atoms. The van der Waals surface area contributed by atoms with Crippen molar-refractivity contribution in [1.29, 1.82) is 0 Å². The lowest BCUT2D eigenvalue weighted by Gasteiger charge is -2.15. The first-order valence-electron chi connectivity index (χ1n) is 10.6. The summed E-state index contributed by atoms with van der Waals surface area (Å²) in [5.41, 5.74) is 1.92. The molecule has 0 radical (unpaired) electrons. The van der Waals surface area contributed by atoms with Crippen molar-refractivity contribution in [1.82, 2.24) is 4.98 Å². The number of hydrogen-bond acceptors (Lipinski definition) is 3. The van der Waals surface area contributed by atoms with E-state index in [4.69, 9.17) is 11.6 Å². The Labute approximate surface area is 201 Å².